The number of benzene rings is 2. The minimum absolute atomic E-state index is 0.115. The molecule has 1 aliphatic rings. The minimum atomic E-state index is -3.03. The van der Waals surface area contributed by atoms with Gasteiger partial charge in [-0.15, -0.1) is 0 Å². The van der Waals surface area contributed by atoms with Crippen LogP contribution in [0.5, 0.6) is 0 Å². The van der Waals surface area contributed by atoms with Gasteiger partial charge in [0.15, 0.2) is 9.84 Å². The fourth-order valence-electron chi connectivity index (χ4n) is 2.80. The van der Waals surface area contributed by atoms with Crippen LogP contribution in [0.3, 0.4) is 0 Å². The van der Waals surface area contributed by atoms with E-state index in [-0.39, 0.29) is 23.6 Å². The minimum Gasteiger partial charge on any atom is -0.380 e. The van der Waals surface area contributed by atoms with Crippen molar-refractivity contribution in [2.45, 2.75) is 18.6 Å². The van der Waals surface area contributed by atoms with Gasteiger partial charge < -0.3 is 10.6 Å². The van der Waals surface area contributed by atoms with E-state index in [1.54, 1.807) is 12.1 Å². The quantitative estimate of drug-likeness (QED) is 0.870. The third kappa shape index (κ3) is 4.47. The normalized spacial score (nSPS) is 22.8. The SMILES string of the molecule is O=S1(=O)C[C@H](Nc2ccc(Cl)cc2)[C@H](NCc2ccccc2)C1. The number of hydrogen-bond donors (Lipinski definition) is 2. The zero-order chi connectivity index (χ0) is 16.3. The van der Waals surface area contributed by atoms with E-state index in [0.717, 1.165) is 11.3 Å². The highest BCUT2D eigenvalue weighted by Gasteiger charge is 2.37. The number of sulfone groups is 1. The highest BCUT2D eigenvalue weighted by Crippen LogP contribution is 2.20. The van der Waals surface area contributed by atoms with Gasteiger partial charge in [0, 0.05) is 23.3 Å². The Morgan fingerprint density at radius 3 is 2.30 bits per heavy atom. The third-order valence-corrected chi connectivity index (χ3v) is 5.95. The second-order valence-corrected chi connectivity index (χ2v) is 8.40. The summed E-state index contributed by atoms with van der Waals surface area (Å²) in [7, 11) is -3.03. The first kappa shape index (κ1) is 16.3. The Labute approximate surface area is 141 Å². The molecule has 0 radical (unpaired) electrons. The van der Waals surface area contributed by atoms with Gasteiger partial charge in [-0.25, -0.2) is 8.42 Å². The number of anilines is 1. The van der Waals surface area contributed by atoms with Crippen LogP contribution in [0.1, 0.15) is 5.56 Å². The van der Waals surface area contributed by atoms with Crippen LogP contribution in [-0.4, -0.2) is 32.0 Å². The van der Waals surface area contributed by atoms with Crippen molar-refractivity contribution in [1.82, 2.24) is 5.32 Å². The van der Waals surface area contributed by atoms with Crippen molar-refractivity contribution in [3.63, 3.8) is 0 Å². The van der Waals surface area contributed by atoms with E-state index in [1.807, 2.05) is 42.5 Å². The molecule has 0 amide bonds. The van der Waals surface area contributed by atoms with Crippen molar-refractivity contribution in [3.05, 3.63) is 65.2 Å². The molecule has 0 aliphatic carbocycles. The van der Waals surface area contributed by atoms with Crippen LogP contribution >= 0.6 is 11.6 Å². The first-order valence-corrected chi connectivity index (χ1v) is 9.72. The highest BCUT2D eigenvalue weighted by molar-refractivity contribution is 7.91. The molecule has 2 atom stereocenters. The van der Waals surface area contributed by atoms with Gasteiger partial charge in [-0.1, -0.05) is 41.9 Å². The Morgan fingerprint density at radius 1 is 0.957 bits per heavy atom. The van der Waals surface area contributed by atoms with Gasteiger partial charge in [0.05, 0.1) is 17.5 Å². The Balaban J connectivity index is 1.68. The lowest BCUT2D eigenvalue weighted by atomic mass is 10.1. The molecule has 0 unspecified atom stereocenters. The zero-order valence-corrected chi connectivity index (χ0v) is 14.1. The molecular formula is C17H19ClN2O2S. The van der Waals surface area contributed by atoms with Crippen molar-refractivity contribution in [3.8, 4) is 0 Å². The van der Waals surface area contributed by atoms with E-state index < -0.39 is 9.84 Å². The van der Waals surface area contributed by atoms with Crippen LogP contribution < -0.4 is 10.6 Å². The van der Waals surface area contributed by atoms with Gasteiger partial charge in [0.1, 0.15) is 0 Å². The molecule has 23 heavy (non-hydrogen) atoms. The fourth-order valence-corrected chi connectivity index (χ4v) is 4.82. The Hall–Kier alpha value is -1.56. The van der Waals surface area contributed by atoms with Crippen LogP contribution in [0.2, 0.25) is 5.02 Å². The summed E-state index contributed by atoms with van der Waals surface area (Å²) in [5.41, 5.74) is 2.02. The number of halogens is 1. The Morgan fingerprint density at radius 2 is 1.61 bits per heavy atom. The molecule has 1 saturated heterocycles. The van der Waals surface area contributed by atoms with Gasteiger partial charge in [0.25, 0.3) is 0 Å². The molecule has 0 saturated carbocycles. The van der Waals surface area contributed by atoms with E-state index >= 15 is 0 Å². The van der Waals surface area contributed by atoms with Gasteiger partial charge in [0.2, 0.25) is 0 Å². The fraction of sp³-hybridized carbons (Fsp3) is 0.294. The first-order valence-electron chi connectivity index (χ1n) is 7.52. The molecule has 2 aromatic carbocycles. The van der Waals surface area contributed by atoms with Crippen LogP contribution in [0.4, 0.5) is 5.69 Å². The molecule has 1 fully saturated rings. The Bertz CT molecular complexity index is 748. The summed E-state index contributed by atoms with van der Waals surface area (Å²) in [5.74, 6) is 0.299. The summed E-state index contributed by atoms with van der Waals surface area (Å²) in [4.78, 5) is 0. The zero-order valence-electron chi connectivity index (χ0n) is 12.6. The summed E-state index contributed by atoms with van der Waals surface area (Å²) < 4.78 is 24.0. The first-order chi connectivity index (χ1) is 11.0. The Kier molecular flexibility index (Phi) is 4.90. The number of hydrogen-bond acceptors (Lipinski definition) is 4. The molecule has 2 N–H and O–H groups in total. The monoisotopic (exact) mass is 350 g/mol. The summed E-state index contributed by atoms with van der Waals surface area (Å²) in [6.45, 7) is 0.653. The third-order valence-electron chi connectivity index (χ3n) is 3.96. The summed E-state index contributed by atoms with van der Waals surface area (Å²) in [6.07, 6.45) is 0. The maximum atomic E-state index is 12.0. The summed E-state index contributed by atoms with van der Waals surface area (Å²) in [6, 6.07) is 17.0. The molecule has 0 bridgehead atoms. The maximum Gasteiger partial charge on any atom is 0.153 e. The number of nitrogens with one attached hydrogen (secondary N) is 2. The molecule has 1 aliphatic heterocycles. The van der Waals surface area contributed by atoms with E-state index in [4.69, 9.17) is 11.6 Å². The van der Waals surface area contributed by atoms with E-state index in [1.165, 1.54) is 0 Å². The lowest BCUT2D eigenvalue weighted by molar-refractivity contribution is 0.521. The van der Waals surface area contributed by atoms with E-state index in [2.05, 4.69) is 10.6 Å². The van der Waals surface area contributed by atoms with Crippen molar-refractivity contribution < 1.29 is 8.42 Å². The van der Waals surface area contributed by atoms with Crippen molar-refractivity contribution >= 4 is 27.1 Å². The second kappa shape index (κ2) is 6.91. The predicted molar refractivity (Wildman–Crippen MR) is 94.6 cm³/mol. The summed E-state index contributed by atoms with van der Waals surface area (Å²) in [5, 5.41) is 7.34. The predicted octanol–water partition coefficient (Wildman–Crippen LogP) is 2.71. The van der Waals surface area contributed by atoms with Crippen LogP contribution in [0, 0.1) is 0 Å². The lowest BCUT2D eigenvalue weighted by Crippen LogP contribution is -2.42. The van der Waals surface area contributed by atoms with Gasteiger partial charge in [-0.2, -0.15) is 0 Å². The smallest absolute Gasteiger partial charge is 0.153 e. The second-order valence-electron chi connectivity index (χ2n) is 5.81. The van der Waals surface area contributed by atoms with Crippen molar-refractivity contribution in [2.75, 3.05) is 16.8 Å². The highest BCUT2D eigenvalue weighted by atomic mass is 35.5. The van der Waals surface area contributed by atoms with Crippen LogP contribution in [0.25, 0.3) is 0 Å². The van der Waals surface area contributed by atoms with Crippen molar-refractivity contribution in [2.24, 2.45) is 0 Å². The standard InChI is InChI=1S/C17H19ClN2O2S/c18-14-6-8-15(9-7-14)20-17-12-23(21,22)11-16(17)19-10-13-4-2-1-3-5-13/h1-9,16-17,19-20H,10-12H2/t16-,17+/m1/s1. The van der Waals surface area contributed by atoms with Crippen molar-refractivity contribution in [1.29, 1.82) is 0 Å². The molecule has 3 rings (SSSR count). The van der Waals surface area contributed by atoms with Crippen LogP contribution in [0.15, 0.2) is 54.6 Å². The maximum absolute atomic E-state index is 12.0. The van der Waals surface area contributed by atoms with E-state index in [0.29, 0.717) is 11.6 Å². The molecular weight excluding hydrogens is 332 g/mol. The molecule has 6 heteroatoms. The number of rotatable bonds is 5. The summed E-state index contributed by atoms with van der Waals surface area (Å²) >= 11 is 5.88. The average Bonchev–Trinajstić information content (AvgIpc) is 2.82. The average molecular weight is 351 g/mol. The van der Waals surface area contributed by atoms with Gasteiger partial charge >= 0.3 is 0 Å². The molecule has 1 heterocycles. The van der Waals surface area contributed by atoms with E-state index in [9.17, 15) is 8.42 Å². The molecule has 122 valence electrons. The van der Waals surface area contributed by atoms with Gasteiger partial charge in [-0.05, 0) is 29.8 Å². The molecule has 0 aromatic heterocycles. The topological polar surface area (TPSA) is 58.2 Å². The molecule has 4 nitrogen and oxygen atoms in total. The molecule has 2 aromatic rings. The van der Waals surface area contributed by atoms with Crippen LogP contribution in [-0.2, 0) is 16.4 Å². The molecule has 0 spiro atoms. The lowest BCUT2D eigenvalue weighted by Gasteiger charge is -2.22. The largest absolute Gasteiger partial charge is 0.380 e. The van der Waals surface area contributed by atoms with Gasteiger partial charge in [-0.3, -0.25) is 0 Å².